The molecule has 158 valence electrons. The van der Waals surface area contributed by atoms with Crippen LogP contribution in [0.15, 0.2) is 0 Å². The number of carbonyl (C=O) groups is 3. The summed E-state index contributed by atoms with van der Waals surface area (Å²) in [5.41, 5.74) is 0. The predicted octanol–water partition coefficient (Wildman–Crippen LogP) is -1.22. The Morgan fingerprint density at radius 3 is 1.70 bits per heavy atom. The standard InChI is InChI=1S/C17H33N3O7/c1-4-15(21)18-5-7-24-9-11-26-13-16(22)19-6-8-25-10-12-27-14-17(23)20(2)3/h4-14H2,1-3H3,(H,18,21)(H,19,22). The summed E-state index contributed by atoms with van der Waals surface area (Å²) in [6.45, 7) is 4.68. The number of amides is 3. The van der Waals surface area contributed by atoms with Gasteiger partial charge in [0.1, 0.15) is 13.2 Å². The fourth-order valence-corrected chi connectivity index (χ4v) is 1.59. The lowest BCUT2D eigenvalue weighted by Crippen LogP contribution is -2.31. The van der Waals surface area contributed by atoms with Gasteiger partial charge in [0.05, 0.1) is 39.6 Å². The minimum absolute atomic E-state index is 0.0116. The van der Waals surface area contributed by atoms with Gasteiger partial charge < -0.3 is 34.5 Å². The highest BCUT2D eigenvalue weighted by Crippen LogP contribution is 1.84. The second kappa shape index (κ2) is 17.7. The molecule has 0 saturated carbocycles. The second-order valence-electron chi connectivity index (χ2n) is 5.67. The number of hydrogen-bond acceptors (Lipinski definition) is 7. The lowest BCUT2D eigenvalue weighted by atomic mass is 10.4. The van der Waals surface area contributed by atoms with Crippen molar-refractivity contribution in [2.45, 2.75) is 13.3 Å². The van der Waals surface area contributed by atoms with Crippen LogP contribution in [-0.4, -0.2) is 103 Å². The van der Waals surface area contributed by atoms with Crippen LogP contribution in [-0.2, 0) is 33.3 Å². The van der Waals surface area contributed by atoms with Crippen LogP contribution in [0.1, 0.15) is 13.3 Å². The van der Waals surface area contributed by atoms with E-state index in [-0.39, 0.29) is 30.9 Å². The van der Waals surface area contributed by atoms with Gasteiger partial charge in [-0.1, -0.05) is 6.92 Å². The molecule has 0 radical (unpaired) electrons. The van der Waals surface area contributed by atoms with Crippen LogP contribution in [0.4, 0.5) is 0 Å². The summed E-state index contributed by atoms with van der Waals surface area (Å²) < 4.78 is 20.9. The molecular weight excluding hydrogens is 358 g/mol. The van der Waals surface area contributed by atoms with Gasteiger partial charge in [0.15, 0.2) is 0 Å². The zero-order chi connectivity index (χ0) is 20.3. The van der Waals surface area contributed by atoms with Crippen molar-refractivity contribution < 1.29 is 33.3 Å². The molecular formula is C17H33N3O7. The summed E-state index contributed by atoms with van der Waals surface area (Å²) in [5, 5.41) is 5.35. The van der Waals surface area contributed by atoms with Gasteiger partial charge in [-0.25, -0.2) is 0 Å². The van der Waals surface area contributed by atoms with Crippen molar-refractivity contribution in [3.05, 3.63) is 0 Å². The summed E-state index contributed by atoms with van der Waals surface area (Å²) in [6.07, 6.45) is 0.453. The molecule has 0 aromatic rings. The van der Waals surface area contributed by atoms with E-state index in [2.05, 4.69) is 10.6 Å². The topological polar surface area (TPSA) is 115 Å². The summed E-state index contributed by atoms with van der Waals surface area (Å²) in [4.78, 5) is 35.2. The van der Waals surface area contributed by atoms with Gasteiger partial charge in [-0.2, -0.15) is 0 Å². The van der Waals surface area contributed by atoms with Crippen LogP contribution in [0.2, 0.25) is 0 Å². The molecule has 3 amide bonds. The quantitative estimate of drug-likeness (QED) is 0.299. The van der Waals surface area contributed by atoms with E-state index in [1.807, 2.05) is 0 Å². The van der Waals surface area contributed by atoms with Gasteiger partial charge >= 0.3 is 0 Å². The van der Waals surface area contributed by atoms with Crippen LogP contribution in [0.25, 0.3) is 0 Å². The van der Waals surface area contributed by atoms with E-state index in [0.717, 1.165) is 0 Å². The maximum Gasteiger partial charge on any atom is 0.248 e. The molecule has 0 rings (SSSR count). The number of carbonyl (C=O) groups excluding carboxylic acids is 3. The number of nitrogens with one attached hydrogen (secondary N) is 2. The number of nitrogens with zero attached hydrogens (tertiary/aromatic N) is 1. The Labute approximate surface area is 160 Å². The fraction of sp³-hybridized carbons (Fsp3) is 0.824. The van der Waals surface area contributed by atoms with Crippen molar-refractivity contribution in [2.24, 2.45) is 0 Å². The maximum atomic E-state index is 11.5. The van der Waals surface area contributed by atoms with Crippen LogP contribution < -0.4 is 10.6 Å². The summed E-state index contributed by atoms with van der Waals surface area (Å²) in [6, 6.07) is 0. The third kappa shape index (κ3) is 17.4. The smallest absolute Gasteiger partial charge is 0.248 e. The van der Waals surface area contributed by atoms with Crippen molar-refractivity contribution in [3.8, 4) is 0 Å². The normalized spacial score (nSPS) is 10.5. The summed E-state index contributed by atoms with van der Waals surface area (Å²) in [5.74, 6) is -0.347. The van der Waals surface area contributed by atoms with E-state index in [4.69, 9.17) is 18.9 Å². The van der Waals surface area contributed by atoms with E-state index in [1.165, 1.54) is 4.90 Å². The van der Waals surface area contributed by atoms with Crippen molar-refractivity contribution in [1.82, 2.24) is 15.5 Å². The molecule has 0 aromatic heterocycles. The van der Waals surface area contributed by atoms with Gasteiger partial charge in [-0.15, -0.1) is 0 Å². The number of likely N-dealkylation sites (N-methyl/N-ethyl adjacent to an activating group) is 1. The van der Waals surface area contributed by atoms with Gasteiger partial charge in [-0.05, 0) is 0 Å². The molecule has 0 saturated heterocycles. The van der Waals surface area contributed by atoms with E-state index in [0.29, 0.717) is 59.2 Å². The largest absolute Gasteiger partial charge is 0.377 e. The second-order valence-corrected chi connectivity index (χ2v) is 5.67. The van der Waals surface area contributed by atoms with Crippen molar-refractivity contribution in [1.29, 1.82) is 0 Å². The van der Waals surface area contributed by atoms with E-state index < -0.39 is 0 Å². The zero-order valence-electron chi connectivity index (χ0n) is 16.6. The van der Waals surface area contributed by atoms with Crippen LogP contribution in [0.5, 0.6) is 0 Å². The van der Waals surface area contributed by atoms with Crippen LogP contribution in [0, 0.1) is 0 Å². The Hall–Kier alpha value is -1.75. The van der Waals surface area contributed by atoms with E-state index in [9.17, 15) is 14.4 Å². The van der Waals surface area contributed by atoms with Crippen molar-refractivity contribution in [2.75, 3.05) is 80.0 Å². The molecule has 0 aliphatic rings. The molecule has 0 heterocycles. The first-order chi connectivity index (χ1) is 13.0. The van der Waals surface area contributed by atoms with Crippen molar-refractivity contribution in [3.63, 3.8) is 0 Å². The summed E-state index contributed by atoms with van der Waals surface area (Å²) in [7, 11) is 3.33. The Bertz CT molecular complexity index is 419. The van der Waals surface area contributed by atoms with Gasteiger partial charge in [0.2, 0.25) is 17.7 Å². The van der Waals surface area contributed by atoms with Gasteiger partial charge in [-0.3, -0.25) is 14.4 Å². The van der Waals surface area contributed by atoms with Gasteiger partial charge in [0, 0.05) is 33.6 Å². The van der Waals surface area contributed by atoms with Crippen LogP contribution >= 0.6 is 0 Å². The molecule has 0 atom stereocenters. The highest BCUT2D eigenvalue weighted by molar-refractivity contribution is 5.77. The Kier molecular flexibility index (Phi) is 16.5. The lowest BCUT2D eigenvalue weighted by Gasteiger charge is -2.10. The Morgan fingerprint density at radius 2 is 1.19 bits per heavy atom. The third-order valence-corrected chi connectivity index (χ3v) is 3.16. The fourth-order valence-electron chi connectivity index (χ4n) is 1.59. The Balaban J connectivity index is 3.28. The molecule has 10 heteroatoms. The number of hydrogen-bond donors (Lipinski definition) is 2. The lowest BCUT2D eigenvalue weighted by molar-refractivity contribution is -0.134. The minimum atomic E-state index is -0.235. The van der Waals surface area contributed by atoms with Crippen LogP contribution in [0.3, 0.4) is 0 Å². The minimum Gasteiger partial charge on any atom is -0.377 e. The average molecular weight is 391 g/mol. The Morgan fingerprint density at radius 1 is 0.704 bits per heavy atom. The molecule has 0 bridgehead atoms. The zero-order valence-corrected chi connectivity index (χ0v) is 16.6. The molecule has 2 N–H and O–H groups in total. The number of ether oxygens (including phenoxy) is 4. The first kappa shape index (κ1) is 25.2. The van der Waals surface area contributed by atoms with E-state index in [1.54, 1.807) is 21.0 Å². The molecule has 0 aromatic carbocycles. The molecule has 0 aliphatic heterocycles. The predicted molar refractivity (Wildman–Crippen MR) is 98.3 cm³/mol. The highest BCUT2D eigenvalue weighted by Gasteiger charge is 2.03. The first-order valence-electron chi connectivity index (χ1n) is 9.01. The maximum absolute atomic E-state index is 11.5. The third-order valence-electron chi connectivity index (χ3n) is 3.16. The first-order valence-corrected chi connectivity index (χ1v) is 9.01. The van der Waals surface area contributed by atoms with Gasteiger partial charge in [0.25, 0.3) is 0 Å². The molecule has 0 spiro atoms. The highest BCUT2D eigenvalue weighted by atomic mass is 16.5. The monoisotopic (exact) mass is 391 g/mol. The molecule has 27 heavy (non-hydrogen) atoms. The SMILES string of the molecule is CCC(=O)NCCOCCOCC(=O)NCCOCCOCC(=O)N(C)C. The number of rotatable bonds is 17. The van der Waals surface area contributed by atoms with E-state index >= 15 is 0 Å². The summed E-state index contributed by atoms with van der Waals surface area (Å²) >= 11 is 0. The molecule has 0 fully saturated rings. The van der Waals surface area contributed by atoms with Crippen molar-refractivity contribution >= 4 is 17.7 Å². The molecule has 0 aliphatic carbocycles. The molecule has 10 nitrogen and oxygen atoms in total. The molecule has 0 unspecified atom stereocenters. The average Bonchev–Trinajstić information content (AvgIpc) is 2.65.